The second-order valence-electron chi connectivity index (χ2n) is 3.98. The first-order valence-electron chi connectivity index (χ1n) is 5.93. The van der Waals surface area contributed by atoms with E-state index in [1.165, 1.54) is 0 Å². The van der Waals surface area contributed by atoms with Crippen molar-refractivity contribution in [1.29, 1.82) is 0 Å². The van der Waals surface area contributed by atoms with Gasteiger partial charge in [0.1, 0.15) is 0 Å². The van der Waals surface area contributed by atoms with Crippen LogP contribution in [0.4, 0.5) is 0 Å². The van der Waals surface area contributed by atoms with E-state index in [0.29, 0.717) is 0 Å². The van der Waals surface area contributed by atoms with Crippen molar-refractivity contribution in [3.05, 3.63) is 84.0 Å². The highest BCUT2D eigenvalue weighted by Crippen LogP contribution is 2.25. The average molecular weight is 312 g/mol. The summed E-state index contributed by atoms with van der Waals surface area (Å²) in [6, 6.07) is 14.1. The summed E-state index contributed by atoms with van der Waals surface area (Å²) < 4.78 is 0.994. The zero-order chi connectivity index (χ0) is 13.7. The van der Waals surface area contributed by atoms with Crippen LogP contribution in [0, 0.1) is 0 Å². The molecular weight excluding hydrogens is 298 g/mol. The van der Waals surface area contributed by atoms with Crippen molar-refractivity contribution < 1.29 is 0 Å². The van der Waals surface area contributed by atoms with Gasteiger partial charge in [0.25, 0.3) is 0 Å². The predicted octanol–water partition coefficient (Wildman–Crippen LogP) is 5.27. The lowest BCUT2D eigenvalue weighted by Crippen LogP contribution is -1.91. The Kier molecular flexibility index (Phi) is 4.48. The molecule has 0 bridgehead atoms. The van der Waals surface area contributed by atoms with Crippen LogP contribution in [0.3, 0.4) is 0 Å². The maximum atomic E-state index is 4.68. The summed E-state index contributed by atoms with van der Waals surface area (Å²) in [5, 5.41) is 0. The molecule has 0 saturated carbocycles. The van der Waals surface area contributed by atoms with Crippen molar-refractivity contribution >= 4 is 21.5 Å². The van der Waals surface area contributed by atoms with Gasteiger partial charge in [0.05, 0.1) is 11.4 Å². The number of rotatable bonds is 4. The number of nitrogens with zero attached hydrogens (tertiary/aromatic N) is 1. The van der Waals surface area contributed by atoms with Gasteiger partial charge in [-0.2, -0.15) is 0 Å². The van der Waals surface area contributed by atoms with Gasteiger partial charge in [-0.25, -0.2) is 4.98 Å². The average Bonchev–Trinajstić information content (AvgIpc) is 2.45. The quantitative estimate of drug-likeness (QED) is 0.701. The Hall–Kier alpha value is -1.93. The Morgan fingerprint density at radius 1 is 1.11 bits per heavy atom. The van der Waals surface area contributed by atoms with Gasteiger partial charge >= 0.3 is 0 Å². The lowest BCUT2D eigenvalue weighted by atomic mass is 10.1. The van der Waals surface area contributed by atoms with Crippen LogP contribution in [-0.2, 0) is 0 Å². The third-order valence-electron chi connectivity index (χ3n) is 2.67. The van der Waals surface area contributed by atoms with Crippen LogP contribution in [0.25, 0.3) is 16.8 Å². The molecule has 94 valence electrons. The maximum absolute atomic E-state index is 4.68. The first kappa shape index (κ1) is 13.5. The predicted molar refractivity (Wildman–Crippen MR) is 85.7 cm³/mol. The van der Waals surface area contributed by atoms with E-state index in [1.807, 2.05) is 48.5 Å². The molecule has 1 aromatic heterocycles. The standard InChI is InChI=1S/C17H14BrN/c1-3-8-13(4-2)16-11-15(18)12-17(19-16)14-9-6-5-7-10-14/h3-12H,1-2H2/b13-8+. The van der Waals surface area contributed by atoms with Crippen LogP contribution in [0.2, 0.25) is 0 Å². The second-order valence-corrected chi connectivity index (χ2v) is 4.90. The van der Waals surface area contributed by atoms with E-state index in [9.17, 15) is 0 Å². The number of halogens is 1. The van der Waals surface area contributed by atoms with Crippen LogP contribution in [-0.4, -0.2) is 4.98 Å². The Labute approximate surface area is 122 Å². The molecule has 0 radical (unpaired) electrons. The largest absolute Gasteiger partial charge is 0.248 e. The molecule has 0 spiro atoms. The van der Waals surface area contributed by atoms with Gasteiger partial charge in [-0.15, -0.1) is 0 Å². The lowest BCUT2D eigenvalue weighted by molar-refractivity contribution is 1.27. The third-order valence-corrected chi connectivity index (χ3v) is 3.13. The van der Waals surface area contributed by atoms with Crippen LogP contribution >= 0.6 is 15.9 Å². The summed E-state index contributed by atoms with van der Waals surface area (Å²) in [5.41, 5.74) is 3.85. The molecule has 0 amide bonds. The minimum Gasteiger partial charge on any atom is -0.248 e. The highest BCUT2D eigenvalue weighted by Gasteiger charge is 2.05. The summed E-state index contributed by atoms with van der Waals surface area (Å²) in [5.74, 6) is 0. The molecular formula is C17H14BrN. The normalized spacial score (nSPS) is 11.1. The Bertz CT molecular complexity index is 627. The van der Waals surface area contributed by atoms with Gasteiger partial charge in [-0.05, 0) is 17.7 Å². The smallest absolute Gasteiger partial charge is 0.0720 e. The first-order valence-corrected chi connectivity index (χ1v) is 6.72. The van der Waals surface area contributed by atoms with Crippen molar-refractivity contribution in [3.63, 3.8) is 0 Å². The number of pyridine rings is 1. The van der Waals surface area contributed by atoms with E-state index in [1.54, 1.807) is 12.2 Å². The third kappa shape index (κ3) is 3.30. The van der Waals surface area contributed by atoms with E-state index in [-0.39, 0.29) is 0 Å². The molecule has 0 aliphatic carbocycles. The summed E-state index contributed by atoms with van der Waals surface area (Å²) in [6.45, 7) is 7.53. The van der Waals surface area contributed by atoms with E-state index in [2.05, 4.69) is 34.1 Å². The Morgan fingerprint density at radius 3 is 2.47 bits per heavy atom. The molecule has 0 fully saturated rings. The van der Waals surface area contributed by atoms with E-state index < -0.39 is 0 Å². The molecule has 0 aliphatic heterocycles. The van der Waals surface area contributed by atoms with Crippen molar-refractivity contribution in [2.24, 2.45) is 0 Å². The van der Waals surface area contributed by atoms with Gasteiger partial charge < -0.3 is 0 Å². The summed E-state index contributed by atoms with van der Waals surface area (Å²) in [4.78, 5) is 4.68. The molecule has 2 aromatic rings. The molecule has 0 atom stereocenters. The van der Waals surface area contributed by atoms with Crippen LogP contribution in [0.1, 0.15) is 5.69 Å². The van der Waals surface area contributed by atoms with Crippen molar-refractivity contribution in [2.45, 2.75) is 0 Å². The van der Waals surface area contributed by atoms with Crippen molar-refractivity contribution in [3.8, 4) is 11.3 Å². The highest BCUT2D eigenvalue weighted by atomic mass is 79.9. The summed E-state index contributed by atoms with van der Waals surface area (Å²) in [6.07, 6.45) is 5.42. The summed E-state index contributed by atoms with van der Waals surface area (Å²) in [7, 11) is 0. The Morgan fingerprint density at radius 2 is 1.84 bits per heavy atom. The SMILES string of the molecule is C=C/C=C(\C=C)c1cc(Br)cc(-c2ccccc2)n1. The van der Waals surface area contributed by atoms with Crippen molar-refractivity contribution in [2.75, 3.05) is 0 Å². The molecule has 2 heteroatoms. The van der Waals surface area contributed by atoms with Crippen LogP contribution < -0.4 is 0 Å². The zero-order valence-corrected chi connectivity index (χ0v) is 12.1. The molecule has 1 nitrogen and oxygen atoms in total. The zero-order valence-electron chi connectivity index (χ0n) is 10.5. The van der Waals surface area contributed by atoms with Gasteiger partial charge in [0.15, 0.2) is 0 Å². The fourth-order valence-electron chi connectivity index (χ4n) is 1.79. The fourth-order valence-corrected chi connectivity index (χ4v) is 2.22. The second kappa shape index (κ2) is 6.30. The number of allylic oxidation sites excluding steroid dienone is 4. The Balaban J connectivity index is 2.55. The number of hydrogen-bond donors (Lipinski definition) is 0. The van der Waals surface area contributed by atoms with Crippen LogP contribution in [0.15, 0.2) is 78.3 Å². The first-order chi connectivity index (χ1) is 9.24. The van der Waals surface area contributed by atoms with Gasteiger partial charge in [-0.3, -0.25) is 0 Å². The number of aromatic nitrogens is 1. The molecule has 1 aromatic carbocycles. The molecule has 1 heterocycles. The number of benzene rings is 1. The monoisotopic (exact) mass is 311 g/mol. The van der Waals surface area contributed by atoms with Crippen molar-refractivity contribution in [1.82, 2.24) is 4.98 Å². The van der Waals surface area contributed by atoms with Gasteiger partial charge in [0, 0.05) is 10.0 Å². The molecule has 19 heavy (non-hydrogen) atoms. The fraction of sp³-hybridized carbons (Fsp3) is 0. The molecule has 0 saturated heterocycles. The molecule has 0 aliphatic rings. The highest BCUT2D eigenvalue weighted by molar-refractivity contribution is 9.10. The van der Waals surface area contributed by atoms with Crippen LogP contribution in [0.5, 0.6) is 0 Å². The lowest BCUT2D eigenvalue weighted by Gasteiger charge is -2.07. The molecule has 0 unspecified atom stereocenters. The topological polar surface area (TPSA) is 12.9 Å². The minimum absolute atomic E-state index is 0.878. The van der Waals surface area contributed by atoms with E-state index in [4.69, 9.17) is 0 Å². The van der Waals surface area contributed by atoms with E-state index >= 15 is 0 Å². The summed E-state index contributed by atoms with van der Waals surface area (Å²) >= 11 is 3.53. The van der Waals surface area contributed by atoms with Gasteiger partial charge in [0.2, 0.25) is 0 Å². The number of hydrogen-bond acceptors (Lipinski definition) is 1. The minimum atomic E-state index is 0.878. The molecule has 0 N–H and O–H groups in total. The van der Waals surface area contributed by atoms with E-state index in [0.717, 1.165) is 27.0 Å². The maximum Gasteiger partial charge on any atom is 0.0720 e. The van der Waals surface area contributed by atoms with Gasteiger partial charge in [-0.1, -0.05) is 77.6 Å². The molecule has 2 rings (SSSR count).